The quantitative estimate of drug-likeness (QED) is 0.125. The molecule has 6 N–H and O–H groups in total. The van der Waals surface area contributed by atoms with Gasteiger partial charge in [-0.2, -0.15) is 25.7 Å². The van der Waals surface area contributed by atoms with E-state index >= 15 is 0 Å². The van der Waals surface area contributed by atoms with Crippen molar-refractivity contribution in [3.05, 3.63) is 88.3 Å². The van der Waals surface area contributed by atoms with Crippen molar-refractivity contribution in [2.75, 3.05) is 38.2 Å². The van der Waals surface area contributed by atoms with E-state index in [0.29, 0.717) is 21.7 Å². The predicted molar refractivity (Wildman–Crippen MR) is 192 cm³/mol. The van der Waals surface area contributed by atoms with Crippen LogP contribution in [0.4, 0.5) is 20.3 Å². The number of nitrogens with zero attached hydrogens (tertiary/aromatic N) is 3. The van der Waals surface area contributed by atoms with E-state index < -0.39 is 55.1 Å². The van der Waals surface area contributed by atoms with E-state index in [0.717, 1.165) is 35.0 Å². The predicted octanol–water partition coefficient (Wildman–Crippen LogP) is 4.04. The summed E-state index contributed by atoms with van der Waals surface area (Å²) in [4.78, 5) is 50.7. The van der Waals surface area contributed by atoms with Gasteiger partial charge in [0.05, 0.1) is 18.8 Å². The summed E-state index contributed by atoms with van der Waals surface area (Å²) < 4.78 is 39.2. The summed E-state index contributed by atoms with van der Waals surface area (Å²) in [5.41, 5.74) is 8.21. The van der Waals surface area contributed by atoms with Crippen LogP contribution in [0.3, 0.4) is 0 Å². The number of hydrogen-bond acceptors (Lipinski definition) is 8. The number of ether oxygens (including phenoxy) is 2. The van der Waals surface area contributed by atoms with Gasteiger partial charge in [-0.25, -0.2) is 4.79 Å². The second-order valence-electron chi connectivity index (χ2n) is 12.4. The number of anilines is 1. The monoisotopic (exact) mass is 921 g/mol. The van der Waals surface area contributed by atoms with Crippen molar-refractivity contribution < 1.29 is 63.9 Å². The number of aliphatic hydroxyl groups excluding tert-OH is 2. The van der Waals surface area contributed by atoms with Gasteiger partial charge in [-0.05, 0) is 29.6 Å². The second kappa shape index (κ2) is 19.4. The molecule has 2 heterocycles. The number of nitrogens with one attached hydrogen (secondary N) is 3. The van der Waals surface area contributed by atoms with Gasteiger partial charge in [0, 0.05) is 24.2 Å². The van der Waals surface area contributed by atoms with Crippen LogP contribution in [-0.2, 0) is 40.1 Å². The van der Waals surface area contributed by atoms with Crippen LogP contribution in [0.1, 0.15) is 50.5 Å². The van der Waals surface area contributed by atoms with Crippen LogP contribution in [0.25, 0.3) is 27.9 Å². The number of carbonyl (C=O) groups is 2. The first kappa shape index (κ1) is 43.5. The molecule has 290 valence electrons. The minimum absolute atomic E-state index is 0. The topological polar surface area (TPSA) is 211 Å². The molecule has 14 nitrogen and oxygen atoms in total. The Bertz CT molecular complexity index is 1830. The van der Waals surface area contributed by atoms with E-state index in [4.69, 9.17) is 20.3 Å². The third-order valence-electron chi connectivity index (χ3n) is 8.75. The molecule has 3 aromatic rings. The fraction of sp³-hybridized carbons (Fsp3) is 0.444. The van der Waals surface area contributed by atoms with Gasteiger partial charge in [-0.1, -0.05) is 63.4 Å². The van der Waals surface area contributed by atoms with Crippen molar-refractivity contribution in [1.82, 2.24) is 14.9 Å². The number of hydrogen-bond donors (Lipinski definition) is 4. The Balaban J connectivity index is 0.000000671. The first-order chi connectivity index (χ1) is 24.4. The van der Waals surface area contributed by atoms with Crippen molar-refractivity contribution in [3.8, 4) is 0 Å². The molecule has 2 amide bonds. The standard InChI is InChI=1S/C28H27F2N5O8.C7H13N.CH4.Pt/c29-28(30)25(40)19(13-36)43-26(28)35-10-8-20(34-27(35)41)33-22(39)14-42-11-9-31-21(38)12-32-17-6-4-15-2-1-3-16-5-7-18(37)24(17)23(15)16;1-6-4-2-3-5-7(6)8;;/h1-8,10,19,25-26,36,40H,9,11-14H2,(H3,31,32,33,34,37,38,39,41);6-8H,1-5H2;1H4;/q;-2;;+2/t19-,25+,26-;;;/m1.../s1. The Hall–Kier alpha value is -3.92. The number of amides is 2. The number of aliphatic hydroxyl groups is 2. The number of rotatable bonds is 11. The number of ketones is 1. The second-order valence-corrected chi connectivity index (χ2v) is 12.4. The molecule has 1 saturated heterocycles. The minimum atomic E-state index is -3.86. The van der Waals surface area contributed by atoms with Gasteiger partial charge in [0.2, 0.25) is 12.1 Å². The summed E-state index contributed by atoms with van der Waals surface area (Å²) >= 11 is 0. The SMILES string of the molecule is C.O=C(C[N-]c1ccc2cccc3c2c1C(=[OH+])C=C3)NCCOCC(=O)Nc1ccn([C@@H]2O[C@H](CO)[C@H](O)C2(F)F)c(=O)n1.[CH2-]C1CCCCC1[NH-].[Pt+2]. The maximum Gasteiger partial charge on any atom is 2.00 e. The van der Waals surface area contributed by atoms with Gasteiger partial charge < -0.3 is 48.3 Å². The zero-order valence-electron chi connectivity index (χ0n) is 28.0. The van der Waals surface area contributed by atoms with Crippen molar-refractivity contribution in [3.63, 3.8) is 0 Å². The minimum Gasteiger partial charge on any atom is -0.677 e. The number of halogens is 2. The Labute approximate surface area is 319 Å². The molecule has 1 saturated carbocycles. The molecule has 5 atom stereocenters. The first-order valence-electron chi connectivity index (χ1n) is 16.5. The van der Waals surface area contributed by atoms with Crippen LogP contribution in [0.5, 0.6) is 0 Å². The fourth-order valence-corrected chi connectivity index (χ4v) is 5.98. The van der Waals surface area contributed by atoms with Crippen molar-refractivity contribution in [2.45, 2.75) is 63.5 Å². The summed E-state index contributed by atoms with van der Waals surface area (Å²) in [5, 5.41) is 29.8. The summed E-state index contributed by atoms with van der Waals surface area (Å²) in [6.45, 7) is 2.40. The zero-order valence-corrected chi connectivity index (χ0v) is 30.2. The molecule has 17 heteroatoms. The summed E-state index contributed by atoms with van der Waals surface area (Å²) in [7, 11) is 0. The molecule has 6 rings (SSSR count). The molecule has 2 aliphatic carbocycles. The van der Waals surface area contributed by atoms with Gasteiger partial charge in [0.15, 0.2) is 6.10 Å². The molecule has 2 fully saturated rings. The molecule has 2 aromatic carbocycles. The molecule has 53 heavy (non-hydrogen) atoms. The number of allylic oxidation sites excluding steroid dienone is 1. The van der Waals surface area contributed by atoms with Crippen LogP contribution >= 0.6 is 0 Å². The number of benzene rings is 2. The van der Waals surface area contributed by atoms with Crippen molar-refractivity contribution in [1.29, 1.82) is 0 Å². The average Bonchev–Trinajstić information content (AvgIpc) is 3.34. The third-order valence-corrected chi connectivity index (χ3v) is 8.75. The maximum atomic E-state index is 14.3. The molecular formula is C36H44F2N6O8Pt. The van der Waals surface area contributed by atoms with Crippen LogP contribution in [0, 0.1) is 12.8 Å². The molecule has 0 bridgehead atoms. The summed E-state index contributed by atoms with van der Waals surface area (Å²) in [6.07, 6.45) is 3.02. The number of carbonyl (C=O) groups excluding carboxylic acids is 3. The maximum absolute atomic E-state index is 14.3. The van der Waals surface area contributed by atoms with E-state index in [1.165, 1.54) is 19.3 Å². The first-order valence-corrected chi connectivity index (χ1v) is 16.5. The van der Waals surface area contributed by atoms with E-state index in [2.05, 4.69) is 27.9 Å². The zero-order chi connectivity index (χ0) is 36.7. The van der Waals surface area contributed by atoms with E-state index in [1.54, 1.807) is 12.1 Å². The van der Waals surface area contributed by atoms with E-state index in [9.17, 15) is 33.1 Å². The fourth-order valence-electron chi connectivity index (χ4n) is 5.98. The largest absolute Gasteiger partial charge is 2.00 e. The molecule has 1 aromatic heterocycles. The van der Waals surface area contributed by atoms with Gasteiger partial charge in [0.25, 0.3) is 5.91 Å². The van der Waals surface area contributed by atoms with Gasteiger partial charge in [-0.15, -0.1) is 5.69 Å². The van der Waals surface area contributed by atoms with Gasteiger partial charge in [-0.3, -0.25) is 19.0 Å². The Morgan fingerprint density at radius 2 is 1.92 bits per heavy atom. The number of aromatic nitrogens is 2. The van der Waals surface area contributed by atoms with E-state index in [1.807, 2.05) is 30.3 Å². The third kappa shape index (κ3) is 10.4. The van der Waals surface area contributed by atoms with Crippen molar-refractivity contribution >= 4 is 46.0 Å². The Morgan fingerprint density at radius 3 is 2.58 bits per heavy atom. The Kier molecular flexibility index (Phi) is 15.9. The number of alkyl halides is 2. The van der Waals surface area contributed by atoms with Gasteiger partial charge >= 0.3 is 38.5 Å². The van der Waals surface area contributed by atoms with Crippen LogP contribution in [-0.4, -0.2) is 99.2 Å². The van der Waals surface area contributed by atoms with Crippen molar-refractivity contribution in [2.24, 2.45) is 5.92 Å². The molecule has 0 spiro atoms. The summed E-state index contributed by atoms with van der Waals surface area (Å²) in [5.74, 6) is -4.71. The average molecular weight is 922 g/mol. The molecule has 0 radical (unpaired) electrons. The summed E-state index contributed by atoms with van der Waals surface area (Å²) in [6, 6.07) is 10.6. The molecule has 1 aliphatic heterocycles. The van der Waals surface area contributed by atoms with Gasteiger partial charge in [0.1, 0.15) is 18.5 Å². The smallest absolute Gasteiger partial charge is 0.677 e. The molecular weight excluding hydrogens is 878 g/mol. The molecule has 3 aliphatic rings. The normalized spacial score (nSPS) is 22.5. The molecule has 2 unspecified atom stereocenters. The Morgan fingerprint density at radius 1 is 1.17 bits per heavy atom. The van der Waals surface area contributed by atoms with Crippen LogP contribution < -0.4 is 16.3 Å². The van der Waals surface area contributed by atoms with Crippen LogP contribution in [0.15, 0.2) is 53.5 Å². The van der Waals surface area contributed by atoms with Crippen LogP contribution in [0.2, 0.25) is 0 Å². The van der Waals surface area contributed by atoms with E-state index in [-0.39, 0.29) is 65.8 Å².